The maximum Gasteiger partial charge on any atom is 0.232 e. The van der Waals surface area contributed by atoms with Crippen molar-refractivity contribution in [2.45, 2.75) is 23.1 Å². The molecule has 1 aromatic carbocycles. The van der Waals surface area contributed by atoms with Crippen molar-refractivity contribution in [1.29, 1.82) is 0 Å². The molecule has 0 radical (unpaired) electrons. The highest BCUT2D eigenvalue weighted by Gasteiger charge is 2.36. The predicted molar refractivity (Wildman–Crippen MR) is 70.0 cm³/mol. The maximum atomic E-state index is 11.9. The lowest BCUT2D eigenvalue weighted by Crippen LogP contribution is -2.47. The summed E-state index contributed by atoms with van der Waals surface area (Å²) in [6, 6.07) is 7.13. The van der Waals surface area contributed by atoms with Crippen molar-refractivity contribution in [2.24, 2.45) is 0 Å². The summed E-state index contributed by atoms with van der Waals surface area (Å²) in [5.74, 6) is 0. The number of sulfonamides is 1. The molecule has 0 saturated carbocycles. The molecule has 0 aliphatic carbocycles. The van der Waals surface area contributed by atoms with E-state index in [0.717, 1.165) is 4.90 Å². The van der Waals surface area contributed by atoms with Crippen molar-refractivity contribution < 1.29 is 13.5 Å². The molecule has 17 heavy (non-hydrogen) atoms. The number of hydrogen-bond acceptors (Lipinski definition) is 4. The summed E-state index contributed by atoms with van der Waals surface area (Å²) < 4.78 is 25.1. The quantitative estimate of drug-likeness (QED) is 0.882. The zero-order valence-electron chi connectivity index (χ0n) is 9.70. The van der Waals surface area contributed by atoms with Crippen LogP contribution >= 0.6 is 11.8 Å². The third-order valence-electron chi connectivity index (χ3n) is 2.83. The van der Waals surface area contributed by atoms with Gasteiger partial charge in [-0.2, -0.15) is 0 Å². The van der Waals surface area contributed by atoms with Gasteiger partial charge in [-0.15, -0.1) is 11.8 Å². The highest BCUT2D eigenvalue weighted by atomic mass is 32.2. The van der Waals surface area contributed by atoms with E-state index in [9.17, 15) is 13.5 Å². The first kappa shape index (κ1) is 12.7. The molecule has 0 amide bonds. The fourth-order valence-corrected chi connectivity index (χ4v) is 4.61. The van der Waals surface area contributed by atoms with Crippen LogP contribution in [-0.2, 0) is 10.0 Å². The molecule has 0 aromatic heterocycles. The van der Waals surface area contributed by atoms with Crippen molar-refractivity contribution in [1.82, 2.24) is 0 Å². The molecule has 2 rings (SSSR count). The lowest BCUT2D eigenvalue weighted by atomic mass is 10.2. The fraction of sp³-hybridized carbons (Fsp3) is 0.455. The van der Waals surface area contributed by atoms with E-state index in [1.165, 1.54) is 22.3 Å². The Hall–Kier alpha value is -0.720. The summed E-state index contributed by atoms with van der Waals surface area (Å²) >= 11 is 1.53. The largest absolute Gasteiger partial charge is 0.395 e. The predicted octanol–water partition coefficient (Wildman–Crippen LogP) is 1.31. The number of aliphatic hydroxyl groups excluding tert-OH is 1. The lowest BCUT2D eigenvalue weighted by Gasteiger charge is -2.39. The Kier molecular flexibility index (Phi) is 3.38. The van der Waals surface area contributed by atoms with Gasteiger partial charge in [0, 0.05) is 4.90 Å². The zero-order valence-corrected chi connectivity index (χ0v) is 11.3. The molecule has 0 unspecified atom stereocenters. The van der Waals surface area contributed by atoms with Crippen molar-refractivity contribution in [3.63, 3.8) is 0 Å². The third kappa shape index (κ3) is 2.29. The third-order valence-corrected chi connectivity index (χ3v) is 5.51. The van der Waals surface area contributed by atoms with Gasteiger partial charge in [0.15, 0.2) is 0 Å². The molecule has 1 aliphatic rings. The van der Waals surface area contributed by atoms with Crippen LogP contribution in [0.1, 0.15) is 6.92 Å². The normalized spacial score (nSPS) is 24.5. The van der Waals surface area contributed by atoms with Crippen molar-refractivity contribution in [3.05, 3.63) is 24.3 Å². The molecule has 4 nitrogen and oxygen atoms in total. The lowest BCUT2D eigenvalue weighted by molar-refractivity contribution is 0.284. The van der Waals surface area contributed by atoms with Gasteiger partial charge in [0.2, 0.25) is 10.0 Å². The second kappa shape index (κ2) is 4.51. The van der Waals surface area contributed by atoms with Gasteiger partial charge in [-0.25, -0.2) is 8.42 Å². The highest BCUT2D eigenvalue weighted by Crippen LogP contribution is 2.42. The number of para-hydroxylation sites is 1. The van der Waals surface area contributed by atoms with Gasteiger partial charge in [0.25, 0.3) is 0 Å². The van der Waals surface area contributed by atoms with Crippen LogP contribution in [0.3, 0.4) is 0 Å². The van der Waals surface area contributed by atoms with E-state index in [4.69, 9.17) is 0 Å². The minimum atomic E-state index is -3.32. The molecule has 2 atom stereocenters. The Morgan fingerprint density at radius 3 is 2.65 bits per heavy atom. The van der Waals surface area contributed by atoms with E-state index >= 15 is 0 Å². The second-order valence-electron chi connectivity index (χ2n) is 4.11. The van der Waals surface area contributed by atoms with E-state index in [1.54, 1.807) is 6.07 Å². The SMILES string of the molecule is C[C@@H]1[C@H](CO)Sc2ccccc2N1S(C)(=O)=O. The van der Waals surface area contributed by atoms with Gasteiger partial charge in [-0.3, -0.25) is 4.31 Å². The maximum absolute atomic E-state index is 11.9. The van der Waals surface area contributed by atoms with E-state index in [0.29, 0.717) is 5.69 Å². The van der Waals surface area contributed by atoms with Gasteiger partial charge in [-0.1, -0.05) is 12.1 Å². The fourth-order valence-electron chi connectivity index (χ4n) is 2.04. The van der Waals surface area contributed by atoms with E-state index in [2.05, 4.69) is 0 Å². The molecule has 6 heteroatoms. The van der Waals surface area contributed by atoms with Gasteiger partial charge in [0.1, 0.15) is 0 Å². The number of fused-ring (bicyclic) bond motifs is 1. The van der Waals surface area contributed by atoms with Crippen LogP contribution in [0.2, 0.25) is 0 Å². The van der Waals surface area contributed by atoms with Crippen LogP contribution in [0, 0.1) is 0 Å². The summed E-state index contributed by atoms with van der Waals surface area (Å²) in [7, 11) is -3.32. The first-order valence-electron chi connectivity index (χ1n) is 5.31. The van der Waals surface area contributed by atoms with Gasteiger partial charge < -0.3 is 5.11 Å². The van der Waals surface area contributed by atoms with Crippen molar-refractivity contribution >= 4 is 27.5 Å². The Morgan fingerprint density at radius 2 is 2.06 bits per heavy atom. The molecule has 1 heterocycles. The summed E-state index contributed by atoms with van der Waals surface area (Å²) in [5.41, 5.74) is 0.706. The first-order valence-corrected chi connectivity index (χ1v) is 8.04. The molecule has 0 saturated heterocycles. The van der Waals surface area contributed by atoms with Crippen LogP contribution in [0.15, 0.2) is 29.2 Å². The standard InChI is InChI=1S/C11H15NO3S2/c1-8-11(7-13)16-10-6-4-3-5-9(10)12(8)17(2,14)15/h3-6,8,11,13H,7H2,1-2H3/t8-,11+/m1/s1. The van der Waals surface area contributed by atoms with Gasteiger partial charge in [-0.05, 0) is 19.1 Å². The van der Waals surface area contributed by atoms with E-state index < -0.39 is 10.0 Å². The van der Waals surface area contributed by atoms with Crippen LogP contribution in [0.25, 0.3) is 0 Å². The summed E-state index contributed by atoms with van der Waals surface area (Å²) in [6.07, 6.45) is 1.20. The van der Waals surface area contributed by atoms with Crippen molar-refractivity contribution in [2.75, 3.05) is 17.2 Å². The summed E-state index contributed by atoms with van der Waals surface area (Å²) in [5, 5.41) is 9.20. The molecule has 0 bridgehead atoms. The minimum absolute atomic E-state index is 0.0355. The molecule has 0 spiro atoms. The molecule has 94 valence electrons. The van der Waals surface area contributed by atoms with Gasteiger partial charge >= 0.3 is 0 Å². The monoisotopic (exact) mass is 273 g/mol. The Balaban J connectivity index is 2.56. The van der Waals surface area contributed by atoms with Crippen LogP contribution in [0.5, 0.6) is 0 Å². The molecule has 0 fully saturated rings. The minimum Gasteiger partial charge on any atom is -0.395 e. The Labute approximate surface area is 106 Å². The smallest absolute Gasteiger partial charge is 0.232 e. The molecule has 1 aromatic rings. The number of rotatable bonds is 2. The highest BCUT2D eigenvalue weighted by molar-refractivity contribution is 8.00. The Bertz CT molecular complexity index is 515. The number of nitrogens with zero attached hydrogens (tertiary/aromatic N) is 1. The Morgan fingerprint density at radius 1 is 1.41 bits per heavy atom. The average Bonchev–Trinajstić information content (AvgIpc) is 2.26. The number of hydrogen-bond donors (Lipinski definition) is 1. The molecule has 1 N–H and O–H groups in total. The van der Waals surface area contributed by atoms with Crippen LogP contribution in [-0.4, -0.2) is 37.7 Å². The van der Waals surface area contributed by atoms with E-state index in [-0.39, 0.29) is 17.9 Å². The number of benzene rings is 1. The van der Waals surface area contributed by atoms with Crippen molar-refractivity contribution in [3.8, 4) is 0 Å². The number of aliphatic hydroxyl groups is 1. The second-order valence-corrected chi connectivity index (χ2v) is 7.25. The molecular formula is C11H15NO3S2. The number of thioether (sulfide) groups is 1. The average molecular weight is 273 g/mol. The van der Waals surface area contributed by atoms with Crippen LogP contribution < -0.4 is 4.31 Å². The molecular weight excluding hydrogens is 258 g/mol. The molecule has 1 aliphatic heterocycles. The van der Waals surface area contributed by atoms with Crippen LogP contribution in [0.4, 0.5) is 5.69 Å². The zero-order chi connectivity index (χ0) is 12.6. The topological polar surface area (TPSA) is 57.6 Å². The first-order chi connectivity index (χ1) is 7.95. The summed E-state index contributed by atoms with van der Waals surface area (Å²) in [6.45, 7) is 1.79. The number of anilines is 1. The van der Waals surface area contributed by atoms with Gasteiger partial charge in [0.05, 0.1) is 29.8 Å². The summed E-state index contributed by atoms with van der Waals surface area (Å²) in [4.78, 5) is 0.898. The van der Waals surface area contributed by atoms with E-state index in [1.807, 2.05) is 25.1 Å².